The summed E-state index contributed by atoms with van der Waals surface area (Å²) in [7, 11) is 0. The minimum atomic E-state index is 0.786. The number of nitrogens with zero attached hydrogens (tertiary/aromatic N) is 2. The Kier molecular flexibility index (Phi) is 3.33. The van der Waals surface area contributed by atoms with Crippen molar-refractivity contribution in [2.75, 3.05) is 5.32 Å². The lowest BCUT2D eigenvalue weighted by Crippen LogP contribution is -2.00. The second-order valence-electron chi connectivity index (χ2n) is 3.12. The molecule has 2 rings (SSSR count). The van der Waals surface area contributed by atoms with Gasteiger partial charge >= 0.3 is 0 Å². The number of rotatable bonds is 3. The van der Waals surface area contributed by atoms with Crippen LogP contribution in [0.2, 0.25) is 0 Å². The van der Waals surface area contributed by atoms with E-state index in [2.05, 4.69) is 37.5 Å². The van der Waals surface area contributed by atoms with Crippen molar-refractivity contribution in [1.29, 1.82) is 0 Å². The molecule has 0 saturated carbocycles. The monoisotopic (exact) mass is 283 g/mol. The van der Waals surface area contributed by atoms with Crippen molar-refractivity contribution in [3.8, 4) is 0 Å². The third-order valence-corrected chi connectivity index (χ3v) is 3.49. The maximum absolute atomic E-state index is 4.03. The average Bonchev–Trinajstić information content (AvgIpc) is 2.64. The smallest absolute Gasteiger partial charge is 0.148 e. The van der Waals surface area contributed by atoms with E-state index in [4.69, 9.17) is 0 Å². The van der Waals surface area contributed by atoms with Gasteiger partial charge in [0.2, 0.25) is 0 Å². The Morgan fingerprint density at radius 1 is 1.27 bits per heavy atom. The molecule has 0 amide bonds. The maximum Gasteiger partial charge on any atom is 0.148 e. The second-order valence-corrected chi connectivity index (χ2v) is 5.67. The number of aromatic nitrogens is 2. The molecule has 3 nitrogen and oxygen atoms in total. The zero-order valence-corrected chi connectivity index (χ0v) is 10.6. The highest BCUT2D eigenvalue weighted by molar-refractivity contribution is 9.11. The van der Waals surface area contributed by atoms with E-state index in [-0.39, 0.29) is 0 Å². The molecule has 2 aromatic rings. The van der Waals surface area contributed by atoms with Gasteiger partial charge in [0.1, 0.15) is 5.82 Å². The molecule has 5 heteroatoms. The molecule has 0 aromatic carbocycles. The first-order chi connectivity index (χ1) is 7.24. The Morgan fingerprint density at radius 2 is 2.13 bits per heavy atom. The molecular weight excluding hydrogens is 274 g/mol. The van der Waals surface area contributed by atoms with E-state index in [9.17, 15) is 0 Å². The zero-order valence-electron chi connectivity index (χ0n) is 8.20. The fourth-order valence-electron chi connectivity index (χ4n) is 1.12. The summed E-state index contributed by atoms with van der Waals surface area (Å²) in [5, 5.41) is 11.2. The number of thiophene rings is 1. The molecule has 0 unspecified atom stereocenters. The van der Waals surface area contributed by atoms with Gasteiger partial charge in [0.15, 0.2) is 0 Å². The van der Waals surface area contributed by atoms with Crippen LogP contribution in [0.25, 0.3) is 0 Å². The number of nitrogens with one attached hydrogen (secondary N) is 1. The lowest BCUT2D eigenvalue weighted by Gasteiger charge is -2.02. The van der Waals surface area contributed by atoms with Crippen LogP contribution in [0, 0.1) is 6.92 Å². The first kappa shape index (κ1) is 10.6. The summed E-state index contributed by atoms with van der Waals surface area (Å²) in [5.41, 5.74) is 0.930. The molecule has 0 bridgehead atoms. The third kappa shape index (κ3) is 3.00. The fourth-order valence-corrected chi connectivity index (χ4v) is 2.54. The van der Waals surface area contributed by atoms with E-state index < -0.39 is 0 Å². The van der Waals surface area contributed by atoms with Gasteiger partial charge in [-0.2, -0.15) is 5.10 Å². The maximum atomic E-state index is 4.03. The van der Waals surface area contributed by atoms with Crippen LogP contribution in [-0.2, 0) is 6.54 Å². The van der Waals surface area contributed by atoms with Crippen LogP contribution in [0.4, 0.5) is 5.82 Å². The number of anilines is 1. The molecule has 0 aliphatic heterocycles. The van der Waals surface area contributed by atoms with Crippen LogP contribution in [-0.4, -0.2) is 10.2 Å². The molecule has 2 aromatic heterocycles. The quantitative estimate of drug-likeness (QED) is 0.940. The van der Waals surface area contributed by atoms with Gasteiger partial charge in [0, 0.05) is 4.88 Å². The molecule has 78 valence electrons. The van der Waals surface area contributed by atoms with Gasteiger partial charge in [-0.25, -0.2) is 0 Å². The summed E-state index contributed by atoms with van der Waals surface area (Å²) in [6, 6.07) is 8.01. The van der Waals surface area contributed by atoms with Gasteiger partial charge in [-0.15, -0.1) is 16.4 Å². The summed E-state index contributed by atoms with van der Waals surface area (Å²) < 4.78 is 1.15. The summed E-state index contributed by atoms with van der Waals surface area (Å²) in [6.45, 7) is 2.71. The molecule has 0 aliphatic rings. The first-order valence-corrected chi connectivity index (χ1v) is 6.13. The zero-order chi connectivity index (χ0) is 10.7. The Morgan fingerprint density at radius 3 is 2.73 bits per heavy atom. The molecule has 2 heterocycles. The Bertz CT molecular complexity index is 438. The van der Waals surface area contributed by atoms with Crippen LogP contribution in [0.1, 0.15) is 10.6 Å². The largest absolute Gasteiger partial charge is 0.364 e. The minimum Gasteiger partial charge on any atom is -0.364 e. The van der Waals surface area contributed by atoms with E-state index >= 15 is 0 Å². The summed E-state index contributed by atoms with van der Waals surface area (Å²) in [6.07, 6.45) is 0. The molecule has 0 aliphatic carbocycles. The van der Waals surface area contributed by atoms with E-state index in [0.29, 0.717) is 0 Å². The highest BCUT2D eigenvalue weighted by Crippen LogP contribution is 2.22. The van der Waals surface area contributed by atoms with Gasteiger partial charge < -0.3 is 5.32 Å². The van der Waals surface area contributed by atoms with Crippen LogP contribution in [0.3, 0.4) is 0 Å². The molecule has 0 atom stereocenters. The average molecular weight is 284 g/mol. The van der Waals surface area contributed by atoms with Gasteiger partial charge in [-0.1, -0.05) is 0 Å². The highest BCUT2D eigenvalue weighted by atomic mass is 79.9. The Labute approximate surface area is 101 Å². The highest BCUT2D eigenvalue weighted by Gasteiger charge is 1.98. The molecule has 0 radical (unpaired) electrons. The van der Waals surface area contributed by atoms with Crippen molar-refractivity contribution < 1.29 is 0 Å². The first-order valence-electron chi connectivity index (χ1n) is 4.52. The predicted molar refractivity (Wildman–Crippen MR) is 66.1 cm³/mol. The molecular formula is C10H10BrN3S. The third-order valence-electron chi connectivity index (χ3n) is 1.87. The van der Waals surface area contributed by atoms with Crippen LogP contribution >= 0.6 is 27.3 Å². The summed E-state index contributed by atoms with van der Waals surface area (Å²) >= 11 is 5.15. The lowest BCUT2D eigenvalue weighted by atomic mass is 10.4. The molecule has 1 N–H and O–H groups in total. The SMILES string of the molecule is Cc1ccc(NCc2ccc(Br)s2)nn1. The van der Waals surface area contributed by atoms with Crippen molar-refractivity contribution >= 4 is 33.1 Å². The number of hydrogen-bond donors (Lipinski definition) is 1. The molecule has 15 heavy (non-hydrogen) atoms. The van der Waals surface area contributed by atoms with Crippen molar-refractivity contribution in [3.63, 3.8) is 0 Å². The normalized spacial score (nSPS) is 10.3. The fraction of sp³-hybridized carbons (Fsp3) is 0.200. The van der Waals surface area contributed by atoms with Crippen LogP contribution < -0.4 is 5.32 Å². The Hall–Kier alpha value is -0.940. The van der Waals surface area contributed by atoms with E-state index in [1.165, 1.54) is 4.88 Å². The van der Waals surface area contributed by atoms with Gasteiger partial charge in [-0.05, 0) is 47.1 Å². The van der Waals surface area contributed by atoms with E-state index in [0.717, 1.165) is 21.8 Å². The minimum absolute atomic E-state index is 0.786. The topological polar surface area (TPSA) is 37.8 Å². The molecule has 0 spiro atoms. The second kappa shape index (κ2) is 4.72. The number of aryl methyl sites for hydroxylation is 1. The van der Waals surface area contributed by atoms with Gasteiger partial charge in [0.05, 0.1) is 16.0 Å². The van der Waals surface area contributed by atoms with Crippen molar-refractivity contribution in [2.45, 2.75) is 13.5 Å². The van der Waals surface area contributed by atoms with Gasteiger partial charge in [-0.3, -0.25) is 0 Å². The van der Waals surface area contributed by atoms with Gasteiger partial charge in [0.25, 0.3) is 0 Å². The molecule has 0 fully saturated rings. The van der Waals surface area contributed by atoms with E-state index in [1.54, 1.807) is 11.3 Å². The number of halogens is 1. The van der Waals surface area contributed by atoms with Crippen LogP contribution in [0.15, 0.2) is 28.1 Å². The molecule has 0 saturated heterocycles. The lowest BCUT2D eigenvalue weighted by molar-refractivity contribution is 0.966. The summed E-state index contributed by atoms with van der Waals surface area (Å²) in [5.74, 6) is 0.810. The van der Waals surface area contributed by atoms with E-state index in [1.807, 2.05) is 25.1 Å². The predicted octanol–water partition coefficient (Wildman–Crippen LogP) is 3.22. The van der Waals surface area contributed by atoms with Crippen molar-refractivity contribution in [3.05, 3.63) is 38.6 Å². The van der Waals surface area contributed by atoms with Crippen molar-refractivity contribution in [2.24, 2.45) is 0 Å². The Balaban J connectivity index is 1.96. The van der Waals surface area contributed by atoms with Crippen molar-refractivity contribution in [1.82, 2.24) is 10.2 Å². The number of hydrogen-bond acceptors (Lipinski definition) is 4. The summed E-state index contributed by atoms with van der Waals surface area (Å²) in [4.78, 5) is 1.27. The standard InChI is InChI=1S/C10H10BrN3S/c1-7-2-5-10(14-13-7)12-6-8-3-4-9(11)15-8/h2-5H,6H2,1H3,(H,12,14). The van der Waals surface area contributed by atoms with Crippen LogP contribution in [0.5, 0.6) is 0 Å².